The molecule has 1 aromatic heterocycles. The molecule has 0 saturated heterocycles. The van der Waals surface area contributed by atoms with E-state index in [1.807, 2.05) is 0 Å². The average molecular weight is 356 g/mol. The van der Waals surface area contributed by atoms with Crippen LogP contribution in [-0.4, -0.2) is 36.1 Å². The van der Waals surface area contributed by atoms with Crippen LogP contribution in [0, 0.1) is 0 Å². The smallest absolute Gasteiger partial charge is 0.435 e. The lowest BCUT2D eigenvalue weighted by atomic mass is 10.2. The molecule has 1 amide bonds. The molecule has 0 aliphatic carbocycles. The van der Waals surface area contributed by atoms with Gasteiger partial charge in [0.1, 0.15) is 18.0 Å². The third kappa shape index (κ3) is 4.96. The van der Waals surface area contributed by atoms with Crippen molar-refractivity contribution in [1.29, 1.82) is 0 Å². The number of hydrogen-bond donors (Lipinski definition) is 1. The molecule has 1 N–H and O–H groups in total. The molecule has 0 aliphatic heterocycles. The van der Waals surface area contributed by atoms with E-state index in [1.54, 1.807) is 18.2 Å². The molecule has 2 rings (SSSR count). The van der Waals surface area contributed by atoms with E-state index in [1.165, 1.54) is 20.4 Å². The van der Waals surface area contributed by atoms with E-state index in [0.29, 0.717) is 17.1 Å². The Morgan fingerprint density at radius 3 is 2.68 bits per heavy atom. The minimum Gasteiger partial charge on any atom is -0.497 e. The number of rotatable bonds is 6. The zero-order valence-electron chi connectivity index (χ0n) is 13.4. The Labute approximate surface area is 141 Å². The van der Waals surface area contributed by atoms with Crippen molar-refractivity contribution in [3.8, 4) is 11.5 Å². The lowest BCUT2D eigenvalue weighted by molar-refractivity contribution is -0.141. The number of nitrogens with zero attached hydrogens (tertiary/aromatic N) is 3. The van der Waals surface area contributed by atoms with Gasteiger partial charge in [-0.2, -0.15) is 23.4 Å². The quantitative estimate of drug-likeness (QED) is 0.635. The maximum absolute atomic E-state index is 12.4. The first-order valence-electron chi connectivity index (χ1n) is 6.98. The van der Waals surface area contributed by atoms with Crippen LogP contribution in [0.2, 0.25) is 0 Å². The van der Waals surface area contributed by atoms with Crippen molar-refractivity contribution in [1.82, 2.24) is 15.2 Å². The zero-order valence-corrected chi connectivity index (χ0v) is 13.4. The fourth-order valence-electron chi connectivity index (χ4n) is 1.88. The number of carbonyl (C=O) groups is 1. The van der Waals surface area contributed by atoms with Crippen molar-refractivity contribution >= 4 is 12.1 Å². The Morgan fingerprint density at radius 2 is 2.08 bits per heavy atom. The molecule has 1 aromatic carbocycles. The molecule has 0 atom stereocenters. The second kappa shape index (κ2) is 7.69. The van der Waals surface area contributed by atoms with Crippen molar-refractivity contribution < 1.29 is 27.4 Å². The van der Waals surface area contributed by atoms with Crippen LogP contribution in [0.4, 0.5) is 13.2 Å². The van der Waals surface area contributed by atoms with Crippen LogP contribution >= 0.6 is 0 Å². The normalized spacial score (nSPS) is 11.6. The van der Waals surface area contributed by atoms with Crippen molar-refractivity contribution in [3.63, 3.8) is 0 Å². The molecule has 25 heavy (non-hydrogen) atoms. The minimum atomic E-state index is -4.55. The molecule has 0 radical (unpaired) electrons. The molecular weight excluding hydrogens is 341 g/mol. The summed E-state index contributed by atoms with van der Waals surface area (Å²) in [4.78, 5) is 11.7. The van der Waals surface area contributed by atoms with Crippen molar-refractivity contribution in [3.05, 3.63) is 41.7 Å². The molecule has 0 spiro atoms. The molecule has 7 nitrogen and oxygen atoms in total. The SMILES string of the molecule is COc1ccc(/C=N\NC(=O)Cn2ccc(C(F)(F)F)n2)c(OC)c1. The van der Waals surface area contributed by atoms with Crippen LogP contribution in [-0.2, 0) is 17.5 Å². The van der Waals surface area contributed by atoms with Crippen LogP contribution in [0.5, 0.6) is 11.5 Å². The molecule has 0 saturated carbocycles. The number of aromatic nitrogens is 2. The molecule has 2 aromatic rings. The number of amides is 1. The first-order chi connectivity index (χ1) is 11.8. The molecule has 1 heterocycles. The van der Waals surface area contributed by atoms with Gasteiger partial charge in [0.15, 0.2) is 5.69 Å². The first kappa shape index (κ1) is 18.3. The van der Waals surface area contributed by atoms with Crippen LogP contribution < -0.4 is 14.9 Å². The topological polar surface area (TPSA) is 77.7 Å². The van der Waals surface area contributed by atoms with E-state index in [2.05, 4.69) is 15.6 Å². The third-order valence-corrected chi connectivity index (χ3v) is 3.07. The second-order valence-electron chi connectivity index (χ2n) is 4.80. The van der Waals surface area contributed by atoms with Gasteiger partial charge in [0.25, 0.3) is 5.91 Å². The van der Waals surface area contributed by atoms with E-state index >= 15 is 0 Å². The molecular formula is C15H15F3N4O3. The van der Waals surface area contributed by atoms with Crippen LogP contribution in [0.25, 0.3) is 0 Å². The van der Waals surface area contributed by atoms with Crippen molar-refractivity contribution in [2.45, 2.75) is 12.7 Å². The number of ether oxygens (including phenoxy) is 2. The first-order valence-corrected chi connectivity index (χ1v) is 6.98. The van der Waals surface area contributed by atoms with E-state index in [9.17, 15) is 18.0 Å². The summed E-state index contributed by atoms with van der Waals surface area (Å²) >= 11 is 0. The molecule has 0 bridgehead atoms. The maximum Gasteiger partial charge on any atom is 0.435 e. The summed E-state index contributed by atoms with van der Waals surface area (Å²) in [6, 6.07) is 5.80. The number of alkyl halides is 3. The van der Waals surface area contributed by atoms with E-state index in [-0.39, 0.29) is 0 Å². The lowest BCUT2D eigenvalue weighted by Gasteiger charge is -2.07. The van der Waals surface area contributed by atoms with Crippen molar-refractivity contribution in [2.75, 3.05) is 14.2 Å². The number of hydrazone groups is 1. The summed E-state index contributed by atoms with van der Waals surface area (Å²) in [6.07, 6.45) is -2.14. The number of halogens is 3. The molecule has 134 valence electrons. The number of nitrogens with one attached hydrogen (secondary N) is 1. The summed E-state index contributed by atoms with van der Waals surface area (Å²) in [5.74, 6) is 0.456. The summed E-state index contributed by atoms with van der Waals surface area (Å²) in [6.45, 7) is -0.396. The fourth-order valence-corrected chi connectivity index (χ4v) is 1.88. The highest BCUT2D eigenvalue weighted by molar-refractivity contribution is 5.85. The number of carbonyl (C=O) groups excluding carboxylic acids is 1. The van der Waals surface area contributed by atoms with Gasteiger partial charge >= 0.3 is 6.18 Å². The minimum absolute atomic E-state index is 0.396. The Hall–Kier alpha value is -3.04. The predicted molar refractivity (Wildman–Crippen MR) is 82.5 cm³/mol. The standard InChI is InChI=1S/C15H15F3N4O3/c1-24-11-4-3-10(12(7-11)25-2)8-19-20-14(23)9-22-6-5-13(21-22)15(16,17)18/h3-8H,9H2,1-2H3,(H,20,23)/b19-8-. The second-order valence-corrected chi connectivity index (χ2v) is 4.80. The highest BCUT2D eigenvalue weighted by atomic mass is 19.4. The Balaban J connectivity index is 1.96. The predicted octanol–water partition coefficient (Wildman–Crippen LogP) is 2.07. The molecule has 0 aliphatic rings. The van der Waals surface area contributed by atoms with Gasteiger partial charge in [-0.25, -0.2) is 5.43 Å². The molecule has 0 unspecified atom stereocenters. The third-order valence-electron chi connectivity index (χ3n) is 3.07. The Bertz CT molecular complexity index is 772. The van der Waals surface area contributed by atoms with Crippen LogP contribution in [0.15, 0.2) is 35.6 Å². The molecule has 10 heteroatoms. The molecule has 0 fully saturated rings. The Kier molecular flexibility index (Phi) is 5.63. The van der Waals surface area contributed by atoms with Crippen molar-refractivity contribution in [2.24, 2.45) is 5.10 Å². The number of methoxy groups -OCH3 is 2. The summed E-state index contributed by atoms with van der Waals surface area (Å²) in [5.41, 5.74) is 1.73. The highest BCUT2D eigenvalue weighted by Gasteiger charge is 2.33. The van der Waals surface area contributed by atoms with E-state index in [0.717, 1.165) is 16.9 Å². The van der Waals surface area contributed by atoms with Gasteiger partial charge in [-0.15, -0.1) is 0 Å². The number of hydrogen-bond acceptors (Lipinski definition) is 5. The lowest BCUT2D eigenvalue weighted by Crippen LogP contribution is -2.23. The largest absolute Gasteiger partial charge is 0.497 e. The highest BCUT2D eigenvalue weighted by Crippen LogP contribution is 2.27. The maximum atomic E-state index is 12.4. The monoisotopic (exact) mass is 356 g/mol. The average Bonchev–Trinajstić information content (AvgIpc) is 3.03. The van der Waals surface area contributed by atoms with Gasteiger partial charge in [-0.3, -0.25) is 9.48 Å². The fraction of sp³-hybridized carbons (Fsp3) is 0.267. The Morgan fingerprint density at radius 1 is 1.32 bits per heavy atom. The van der Waals surface area contributed by atoms with Gasteiger partial charge in [0, 0.05) is 17.8 Å². The number of benzene rings is 1. The van der Waals surface area contributed by atoms with Gasteiger partial charge in [-0.05, 0) is 18.2 Å². The summed E-state index contributed by atoms with van der Waals surface area (Å²) < 4.78 is 48.4. The summed E-state index contributed by atoms with van der Waals surface area (Å²) in [5, 5.41) is 7.03. The van der Waals surface area contributed by atoms with Gasteiger partial charge in [-0.1, -0.05) is 0 Å². The zero-order chi connectivity index (χ0) is 18.4. The van der Waals surface area contributed by atoms with E-state index < -0.39 is 24.3 Å². The van der Waals surface area contributed by atoms with Gasteiger partial charge < -0.3 is 9.47 Å². The van der Waals surface area contributed by atoms with Crippen LogP contribution in [0.1, 0.15) is 11.3 Å². The van der Waals surface area contributed by atoms with Gasteiger partial charge in [0.05, 0.1) is 20.4 Å². The van der Waals surface area contributed by atoms with E-state index in [4.69, 9.17) is 9.47 Å². The summed E-state index contributed by atoms with van der Waals surface area (Å²) in [7, 11) is 2.99. The van der Waals surface area contributed by atoms with Crippen LogP contribution in [0.3, 0.4) is 0 Å². The van der Waals surface area contributed by atoms with Gasteiger partial charge in [0.2, 0.25) is 0 Å².